The first-order valence-electron chi connectivity index (χ1n) is 9.19. The second kappa shape index (κ2) is 13.0. The zero-order chi connectivity index (χ0) is 21.0. The van der Waals surface area contributed by atoms with E-state index in [1.54, 1.807) is 0 Å². The summed E-state index contributed by atoms with van der Waals surface area (Å²) in [5.74, 6) is -2.81. The number of hydrogen-bond donors (Lipinski definition) is 6. The van der Waals surface area contributed by atoms with E-state index in [-0.39, 0.29) is 12.5 Å². The molecule has 27 heavy (non-hydrogen) atoms. The highest BCUT2D eigenvalue weighted by molar-refractivity contribution is 5.92. The second-order valence-corrected chi connectivity index (χ2v) is 6.60. The summed E-state index contributed by atoms with van der Waals surface area (Å²) in [5.41, 5.74) is 11.2. The molecule has 0 aromatic heterocycles. The lowest BCUT2D eigenvalue weighted by atomic mass is 9.99. The molecule has 0 aliphatic heterocycles. The van der Waals surface area contributed by atoms with E-state index in [2.05, 4.69) is 16.0 Å². The normalized spacial score (nSPS) is 15.1. The van der Waals surface area contributed by atoms with Crippen LogP contribution in [0.25, 0.3) is 0 Å². The van der Waals surface area contributed by atoms with Gasteiger partial charge in [0.2, 0.25) is 17.7 Å². The van der Waals surface area contributed by atoms with Crippen molar-refractivity contribution >= 4 is 23.7 Å². The van der Waals surface area contributed by atoms with Gasteiger partial charge >= 0.3 is 5.97 Å². The largest absolute Gasteiger partial charge is 0.480 e. The summed E-state index contributed by atoms with van der Waals surface area (Å²) in [7, 11) is 0. The molecule has 0 fully saturated rings. The maximum atomic E-state index is 12.2. The van der Waals surface area contributed by atoms with Crippen molar-refractivity contribution in [3.63, 3.8) is 0 Å². The summed E-state index contributed by atoms with van der Waals surface area (Å²) in [6.45, 7) is 5.20. The molecule has 0 bridgehead atoms. The molecule has 4 unspecified atom stereocenters. The van der Waals surface area contributed by atoms with Gasteiger partial charge < -0.3 is 32.5 Å². The molecule has 8 N–H and O–H groups in total. The molecular formula is C17H33N5O5. The molecule has 3 amide bonds. The van der Waals surface area contributed by atoms with Crippen LogP contribution in [0.5, 0.6) is 0 Å². The summed E-state index contributed by atoms with van der Waals surface area (Å²) in [6, 6.07) is -2.71. The number of unbranched alkanes of at least 4 members (excludes halogenated alkanes) is 1. The van der Waals surface area contributed by atoms with E-state index >= 15 is 0 Å². The van der Waals surface area contributed by atoms with Crippen molar-refractivity contribution in [2.75, 3.05) is 13.1 Å². The van der Waals surface area contributed by atoms with Crippen molar-refractivity contribution in [3.8, 4) is 0 Å². The molecule has 156 valence electrons. The van der Waals surface area contributed by atoms with Crippen LogP contribution in [0, 0.1) is 5.92 Å². The van der Waals surface area contributed by atoms with Crippen molar-refractivity contribution < 1.29 is 24.3 Å². The lowest BCUT2D eigenvalue weighted by molar-refractivity contribution is -0.141. The predicted octanol–water partition coefficient (Wildman–Crippen LogP) is -1.32. The quantitative estimate of drug-likeness (QED) is 0.212. The average Bonchev–Trinajstić information content (AvgIpc) is 2.63. The average molecular weight is 387 g/mol. The van der Waals surface area contributed by atoms with Gasteiger partial charge in [-0.15, -0.1) is 0 Å². The third kappa shape index (κ3) is 9.90. The van der Waals surface area contributed by atoms with Crippen LogP contribution < -0.4 is 27.4 Å². The Morgan fingerprint density at radius 1 is 1.04 bits per heavy atom. The Balaban J connectivity index is 4.70. The SMILES string of the molecule is CCC(C)C(N)C(=O)NCC(=O)NC(CCCCN)C(=O)NC(C)C(=O)O. The Hall–Kier alpha value is -2.20. The van der Waals surface area contributed by atoms with Gasteiger partial charge in [0.1, 0.15) is 12.1 Å². The van der Waals surface area contributed by atoms with E-state index in [0.717, 1.165) is 6.42 Å². The highest BCUT2D eigenvalue weighted by Gasteiger charge is 2.25. The van der Waals surface area contributed by atoms with Gasteiger partial charge in [-0.25, -0.2) is 0 Å². The van der Waals surface area contributed by atoms with Crippen LogP contribution in [0.3, 0.4) is 0 Å². The molecule has 0 radical (unpaired) electrons. The molecule has 10 nitrogen and oxygen atoms in total. The van der Waals surface area contributed by atoms with Crippen molar-refractivity contribution in [3.05, 3.63) is 0 Å². The summed E-state index contributed by atoms with van der Waals surface area (Å²) < 4.78 is 0. The fraction of sp³-hybridized carbons (Fsp3) is 0.765. The molecule has 4 atom stereocenters. The highest BCUT2D eigenvalue weighted by atomic mass is 16.4. The van der Waals surface area contributed by atoms with Gasteiger partial charge in [0.25, 0.3) is 0 Å². The molecule has 0 saturated carbocycles. The van der Waals surface area contributed by atoms with E-state index in [9.17, 15) is 19.2 Å². The molecule has 0 spiro atoms. The van der Waals surface area contributed by atoms with Gasteiger partial charge in [-0.1, -0.05) is 20.3 Å². The highest BCUT2D eigenvalue weighted by Crippen LogP contribution is 2.05. The lowest BCUT2D eigenvalue weighted by Gasteiger charge is -2.21. The van der Waals surface area contributed by atoms with Crippen LogP contribution in [0.1, 0.15) is 46.5 Å². The molecule has 0 rings (SSSR count). The molecule has 0 aromatic carbocycles. The Morgan fingerprint density at radius 2 is 1.67 bits per heavy atom. The number of aliphatic carboxylic acids is 1. The monoisotopic (exact) mass is 387 g/mol. The Bertz CT molecular complexity index is 514. The number of rotatable bonds is 13. The third-order valence-corrected chi connectivity index (χ3v) is 4.31. The predicted molar refractivity (Wildman–Crippen MR) is 101 cm³/mol. The fourth-order valence-corrected chi connectivity index (χ4v) is 2.18. The number of hydrogen-bond acceptors (Lipinski definition) is 6. The maximum Gasteiger partial charge on any atom is 0.325 e. The van der Waals surface area contributed by atoms with E-state index in [1.807, 2.05) is 13.8 Å². The van der Waals surface area contributed by atoms with Crippen LogP contribution in [0.2, 0.25) is 0 Å². The third-order valence-electron chi connectivity index (χ3n) is 4.31. The van der Waals surface area contributed by atoms with Gasteiger partial charge in [0.05, 0.1) is 12.6 Å². The summed E-state index contributed by atoms with van der Waals surface area (Å²) >= 11 is 0. The lowest BCUT2D eigenvalue weighted by Crippen LogP contribution is -2.53. The first-order chi connectivity index (χ1) is 12.6. The van der Waals surface area contributed by atoms with Crippen LogP contribution in [-0.2, 0) is 19.2 Å². The summed E-state index contributed by atoms with van der Waals surface area (Å²) in [6.07, 6.45) is 2.28. The fourth-order valence-electron chi connectivity index (χ4n) is 2.18. The van der Waals surface area contributed by atoms with Gasteiger partial charge in [-0.05, 0) is 38.6 Å². The zero-order valence-electron chi connectivity index (χ0n) is 16.3. The van der Waals surface area contributed by atoms with E-state index < -0.39 is 41.8 Å². The second-order valence-electron chi connectivity index (χ2n) is 6.60. The first kappa shape index (κ1) is 24.8. The molecule has 0 saturated heterocycles. The van der Waals surface area contributed by atoms with E-state index in [4.69, 9.17) is 16.6 Å². The Labute approximate surface area is 159 Å². The van der Waals surface area contributed by atoms with Gasteiger partial charge in [-0.3, -0.25) is 19.2 Å². The number of carboxylic acids is 1. The number of amides is 3. The van der Waals surface area contributed by atoms with Gasteiger partial charge in [-0.2, -0.15) is 0 Å². The van der Waals surface area contributed by atoms with Gasteiger partial charge in [0.15, 0.2) is 0 Å². The minimum atomic E-state index is -1.18. The first-order valence-corrected chi connectivity index (χ1v) is 9.19. The minimum Gasteiger partial charge on any atom is -0.480 e. The summed E-state index contributed by atoms with van der Waals surface area (Å²) in [4.78, 5) is 47.1. The topological polar surface area (TPSA) is 177 Å². The number of carboxylic acid groups (broad SMARTS) is 1. The number of nitrogens with two attached hydrogens (primary N) is 2. The molecule has 0 aliphatic rings. The van der Waals surface area contributed by atoms with Crippen molar-refractivity contribution in [2.24, 2.45) is 17.4 Å². The van der Waals surface area contributed by atoms with Crippen molar-refractivity contribution in [1.29, 1.82) is 0 Å². The standard InChI is InChI=1S/C17H33N5O5/c1-4-10(2)14(19)16(25)20-9-13(23)22-12(7-5-6-8-18)15(24)21-11(3)17(26)27/h10-12,14H,4-9,18-19H2,1-3H3,(H,20,25)(H,21,24)(H,22,23)(H,26,27). The molecular weight excluding hydrogens is 354 g/mol. The Morgan fingerprint density at radius 3 is 2.19 bits per heavy atom. The van der Waals surface area contributed by atoms with E-state index in [1.165, 1.54) is 6.92 Å². The number of nitrogens with one attached hydrogen (secondary N) is 3. The molecule has 0 heterocycles. The molecule has 0 aromatic rings. The molecule has 0 aliphatic carbocycles. The number of carbonyl (C=O) groups excluding carboxylic acids is 3. The Kier molecular flexibility index (Phi) is 12.0. The summed E-state index contributed by atoms with van der Waals surface area (Å²) in [5, 5.41) is 16.2. The number of carbonyl (C=O) groups is 4. The van der Waals surface area contributed by atoms with Crippen LogP contribution in [0.4, 0.5) is 0 Å². The minimum absolute atomic E-state index is 0.0274. The smallest absolute Gasteiger partial charge is 0.325 e. The van der Waals surface area contributed by atoms with Crippen molar-refractivity contribution in [1.82, 2.24) is 16.0 Å². The van der Waals surface area contributed by atoms with Crippen LogP contribution >= 0.6 is 0 Å². The maximum absolute atomic E-state index is 12.2. The molecule has 10 heteroatoms. The van der Waals surface area contributed by atoms with Crippen molar-refractivity contribution in [2.45, 2.75) is 64.6 Å². The van der Waals surface area contributed by atoms with E-state index in [0.29, 0.717) is 25.8 Å². The van der Waals surface area contributed by atoms with Gasteiger partial charge in [0, 0.05) is 0 Å². The van der Waals surface area contributed by atoms with Crippen LogP contribution in [0.15, 0.2) is 0 Å². The zero-order valence-corrected chi connectivity index (χ0v) is 16.3. The van der Waals surface area contributed by atoms with Crippen LogP contribution in [-0.4, -0.2) is 60.0 Å².